The van der Waals surface area contributed by atoms with E-state index in [1.807, 2.05) is 0 Å². The van der Waals surface area contributed by atoms with E-state index in [2.05, 4.69) is 15.9 Å². The van der Waals surface area contributed by atoms with Gasteiger partial charge in [-0.2, -0.15) is 0 Å². The first-order valence-corrected chi connectivity index (χ1v) is 6.99. The average molecular weight is 351 g/mol. The van der Waals surface area contributed by atoms with E-state index < -0.39 is 0 Å². The fourth-order valence-electron chi connectivity index (χ4n) is 1.95. The number of ketones is 1. The maximum Gasteiger partial charge on any atom is 0.197 e. The molecular formula is C16H15BrO4. The predicted molar refractivity (Wildman–Crippen MR) is 83.7 cm³/mol. The van der Waals surface area contributed by atoms with Crippen LogP contribution in [0.1, 0.15) is 15.9 Å². The monoisotopic (exact) mass is 350 g/mol. The lowest BCUT2D eigenvalue weighted by atomic mass is 10.0. The van der Waals surface area contributed by atoms with Crippen molar-refractivity contribution in [1.29, 1.82) is 0 Å². The van der Waals surface area contributed by atoms with E-state index in [1.54, 1.807) is 50.6 Å². The fourth-order valence-corrected chi connectivity index (χ4v) is 2.29. The van der Waals surface area contributed by atoms with Gasteiger partial charge in [-0.25, -0.2) is 0 Å². The van der Waals surface area contributed by atoms with Crippen molar-refractivity contribution in [3.63, 3.8) is 0 Å². The zero-order valence-electron chi connectivity index (χ0n) is 12.0. The Balaban J connectivity index is 2.49. The average Bonchev–Trinajstić information content (AvgIpc) is 2.53. The molecule has 0 spiro atoms. The maximum atomic E-state index is 12.7. The molecule has 4 nitrogen and oxygen atoms in total. The molecule has 0 fully saturated rings. The topological polar surface area (TPSA) is 44.8 Å². The maximum absolute atomic E-state index is 12.7. The Labute approximate surface area is 131 Å². The first kappa shape index (κ1) is 15.4. The quantitative estimate of drug-likeness (QED) is 0.771. The third-order valence-electron chi connectivity index (χ3n) is 3.02. The van der Waals surface area contributed by atoms with Crippen molar-refractivity contribution in [3.05, 3.63) is 52.0 Å². The molecule has 0 aliphatic rings. The third kappa shape index (κ3) is 3.36. The Morgan fingerprint density at radius 2 is 1.52 bits per heavy atom. The molecule has 0 saturated carbocycles. The largest absolute Gasteiger partial charge is 0.497 e. The minimum Gasteiger partial charge on any atom is -0.497 e. The van der Waals surface area contributed by atoms with Crippen LogP contribution in [0.4, 0.5) is 0 Å². The summed E-state index contributed by atoms with van der Waals surface area (Å²) < 4.78 is 16.5. The molecule has 0 unspecified atom stereocenters. The minimum atomic E-state index is -0.156. The van der Waals surface area contributed by atoms with Crippen LogP contribution in [0.2, 0.25) is 0 Å². The number of halogens is 1. The lowest BCUT2D eigenvalue weighted by molar-refractivity contribution is 0.103. The van der Waals surface area contributed by atoms with Gasteiger partial charge in [0.05, 0.1) is 26.9 Å². The Hall–Kier alpha value is -2.01. The van der Waals surface area contributed by atoms with Crippen LogP contribution in [-0.4, -0.2) is 27.1 Å². The molecule has 5 heteroatoms. The summed E-state index contributed by atoms with van der Waals surface area (Å²) in [6.45, 7) is 0. The number of rotatable bonds is 5. The molecule has 21 heavy (non-hydrogen) atoms. The van der Waals surface area contributed by atoms with Crippen LogP contribution in [0.3, 0.4) is 0 Å². The molecule has 0 aromatic heterocycles. The summed E-state index contributed by atoms with van der Waals surface area (Å²) in [5.74, 6) is 1.48. The van der Waals surface area contributed by atoms with Crippen LogP contribution in [0, 0.1) is 0 Å². The zero-order valence-corrected chi connectivity index (χ0v) is 13.6. The van der Waals surface area contributed by atoms with Crippen LogP contribution in [-0.2, 0) is 0 Å². The number of hydrogen-bond acceptors (Lipinski definition) is 4. The highest BCUT2D eigenvalue weighted by atomic mass is 79.9. The first-order valence-electron chi connectivity index (χ1n) is 6.20. The molecule has 0 bridgehead atoms. The van der Waals surface area contributed by atoms with E-state index in [0.717, 1.165) is 4.47 Å². The van der Waals surface area contributed by atoms with Gasteiger partial charge in [0.2, 0.25) is 0 Å². The highest BCUT2D eigenvalue weighted by Gasteiger charge is 2.16. The van der Waals surface area contributed by atoms with Crippen molar-refractivity contribution < 1.29 is 19.0 Å². The van der Waals surface area contributed by atoms with E-state index >= 15 is 0 Å². The van der Waals surface area contributed by atoms with Crippen LogP contribution >= 0.6 is 15.9 Å². The van der Waals surface area contributed by atoms with Gasteiger partial charge in [0.1, 0.15) is 17.2 Å². The van der Waals surface area contributed by atoms with Crippen molar-refractivity contribution in [2.24, 2.45) is 0 Å². The van der Waals surface area contributed by atoms with Gasteiger partial charge >= 0.3 is 0 Å². The van der Waals surface area contributed by atoms with E-state index in [0.29, 0.717) is 28.4 Å². The summed E-state index contributed by atoms with van der Waals surface area (Å²) in [4.78, 5) is 12.7. The molecule has 0 N–H and O–H groups in total. The SMILES string of the molecule is COc1cc(OC)cc(C(=O)c2ccc(Br)cc2OC)c1. The summed E-state index contributed by atoms with van der Waals surface area (Å²) in [5.41, 5.74) is 0.961. The van der Waals surface area contributed by atoms with Crippen LogP contribution < -0.4 is 14.2 Å². The van der Waals surface area contributed by atoms with E-state index in [1.165, 1.54) is 7.11 Å². The summed E-state index contributed by atoms with van der Waals surface area (Å²) in [7, 11) is 4.62. The summed E-state index contributed by atoms with van der Waals surface area (Å²) in [6, 6.07) is 10.3. The Morgan fingerprint density at radius 1 is 0.905 bits per heavy atom. The number of carbonyl (C=O) groups excluding carboxylic acids is 1. The standard InChI is InChI=1S/C16H15BrO4/c1-19-12-6-10(7-13(9-12)20-2)16(18)14-5-4-11(17)8-15(14)21-3/h4-9H,1-3H3. The second kappa shape index (κ2) is 6.63. The molecular weight excluding hydrogens is 336 g/mol. The van der Waals surface area contributed by atoms with Crippen molar-refractivity contribution in [2.75, 3.05) is 21.3 Å². The van der Waals surface area contributed by atoms with Gasteiger partial charge in [-0.15, -0.1) is 0 Å². The zero-order chi connectivity index (χ0) is 15.4. The van der Waals surface area contributed by atoms with Gasteiger partial charge in [-0.1, -0.05) is 15.9 Å². The van der Waals surface area contributed by atoms with E-state index in [-0.39, 0.29) is 5.78 Å². The van der Waals surface area contributed by atoms with Gasteiger partial charge < -0.3 is 14.2 Å². The van der Waals surface area contributed by atoms with E-state index in [4.69, 9.17) is 14.2 Å². The van der Waals surface area contributed by atoms with Crippen molar-refractivity contribution in [3.8, 4) is 17.2 Å². The number of benzene rings is 2. The lowest BCUT2D eigenvalue weighted by Gasteiger charge is -2.10. The Bertz CT molecular complexity index is 645. The summed E-state index contributed by atoms with van der Waals surface area (Å²) >= 11 is 3.36. The number of ether oxygens (including phenoxy) is 3. The number of carbonyl (C=O) groups is 1. The molecule has 0 heterocycles. The highest BCUT2D eigenvalue weighted by Crippen LogP contribution is 2.29. The van der Waals surface area contributed by atoms with Gasteiger partial charge in [-0.05, 0) is 30.3 Å². The second-order valence-corrected chi connectivity index (χ2v) is 5.19. The molecule has 110 valence electrons. The molecule has 2 aromatic rings. The van der Waals surface area contributed by atoms with Crippen molar-refractivity contribution >= 4 is 21.7 Å². The van der Waals surface area contributed by atoms with Gasteiger partial charge in [0.25, 0.3) is 0 Å². The predicted octanol–water partition coefficient (Wildman–Crippen LogP) is 3.71. The van der Waals surface area contributed by atoms with E-state index in [9.17, 15) is 4.79 Å². The van der Waals surface area contributed by atoms with Crippen LogP contribution in [0.5, 0.6) is 17.2 Å². The van der Waals surface area contributed by atoms with Crippen molar-refractivity contribution in [2.45, 2.75) is 0 Å². The molecule has 0 radical (unpaired) electrons. The van der Waals surface area contributed by atoms with Crippen LogP contribution in [0.25, 0.3) is 0 Å². The smallest absolute Gasteiger partial charge is 0.197 e. The lowest BCUT2D eigenvalue weighted by Crippen LogP contribution is -2.05. The molecule has 0 saturated heterocycles. The second-order valence-electron chi connectivity index (χ2n) is 4.28. The van der Waals surface area contributed by atoms with Crippen molar-refractivity contribution in [1.82, 2.24) is 0 Å². The first-order chi connectivity index (χ1) is 10.1. The van der Waals surface area contributed by atoms with Gasteiger partial charge in [0, 0.05) is 16.1 Å². The number of methoxy groups -OCH3 is 3. The van der Waals surface area contributed by atoms with Gasteiger partial charge in [-0.3, -0.25) is 4.79 Å². The minimum absolute atomic E-state index is 0.156. The van der Waals surface area contributed by atoms with Gasteiger partial charge in [0.15, 0.2) is 5.78 Å². The molecule has 2 aromatic carbocycles. The highest BCUT2D eigenvalue weighted by molar-refractivity contribution is 9.10. The summed E-state index contributed by atoms with van der Waals surface area (Å²) in [5, 5.41) is 0. The molecule has 0 aliphatic heterocycles. The summed E-state index contributed by atoms with van der Waals surface area (Å²) in [6.07, 6.45) is 0. The Morgan fingerprint density at radius 3 is 2.05 bits per heavy atom. The van der Waals surface area contributed by atoms with Crippen LogP contribution in [0.15, 0.2) is 40.9 Å². The fraction of sp³-hybridized carbons (Fsp3) is 0.188. The number of hydrogen-bond donors (Lipinski definition) is 0. The molecule has 0 aliphatic carbocycles. The molecule has 2 rings (SSSR count). The molecule has 0 amide bonds. The Kier molecular flexibility index (Phi) is 4.85. The third-order valence-corrected chi connectivity index (χ3v) is 3.52. The normalized spacial score (nSPS) is 10.1. The molecule has 0 atom stereocenters.